The van der Waals surface area contributed by atoms with E-state index in [0.29, 0.717) is 18.0 Å². The summed E-state index contributed by atoms with van der Waals surface area (Å²) in [5, 5.41) is 0.275. The third kappa shape index (κ3) is 1.96. The van der Waals surface area contributed by atoms with Gasteiger partial charge in [-0.05, 0) is 49.7 Å². The van der Waals surface area contributed by atoms with E-state index in [1.54, 1.807) is 0 Å². The van der Waals surface area contributed by atoms with Crippen molar-refractivity contribution in [3.8, 4) is 0 Å². The van der Waals surface area contributed by atoms with E-state index in [2.05, 4.69) is 29.2 Å². The van der Waals surface area contributed by atoms with Crippen LogP contribution >= 0.6 is 11.6 Å². The van der Waals surface area contributed by atoms with Gasteiger partial charge in [0.1, 0.15) is 0 Å². The lowest BCUT2D eigenvalue weighted by molar-refractivity contribution is -0.139. The van der Waals surface area contributed by atoms with Gasteiger partial charge in [-0.3, -0.25) is 4.79 Å². The fraction of sp³-hybridized carbons (Fsp3) is 0.588. The summed E-state index contributed by atoms with van der Waals surface area (Å²) >= 11 is 6.31. The number of alkyl halides is 1. The lowest BCUT2D eigenvalue weighted by Crippen LogP contribution is -2.49. The van der Waals surface area contributed by atoms with Crippen molar-refractivity contribution in [2.24, 2.45) is 5.92 Å². The van der Waals surface area contributed by atoms with Gasteiger partial charge in [-0.1, -0.05) is 24.3 Å². The molecule has 20 heavy (non-hydrogen) atoms. The molecule has 0 aromatic heterocycles. The molecule has 2 fully saturated rings. The van der Waals surface area contributed by atoms with Gasteiger partial charge in [-0.15, -0.1) is 11.6 Å². The SMILES string of the molecule is O=C(C1Cc2ccccc2C1)N1C2CCC1CC(Cl)C2. The number of hydrogen-bond donors (Lipinski definition) is 0. The molecule has 2 saturated heterocycles. The normalized spacial score (nSPS) is 32.5. The van der Waals surface area contributed by atoms with E-state index in [9.17, 15) is 4.79 Å². The van der Waals surface area contributed by atoms with Gasteiger partial charge in [-0.2, -0.15) is 0 Å². The first-order chi connectivity index (χ1) is 9.72. The molecule has 1 aromatic rings. The van der Waals surface area contributed by atoms with Crippen molar-refractivity contribution in [1.29, 1.82) is 0 Å². The molecular formula is C17H20ClNO. The van der Waals surface area contributed by atoms with Crippen LogP contribution in [0, 0.1) is 5.92 Å². The molecular weight excluding hydrogens is 270 g/mol. The Labute approximate surface area is 125 Å². The quantitative estimate of drug-likeness (QED) is 0.727. The molecule has 2 bridgehead atoms. The molecule has 4 rings (SSSR count). The van der Waals surface area contributed by atoms with Gasteiger partial charge in [0.15, 0.2) is 0 Å². The van der Waals surface area contributed by atoms with Gasteiger partial charge in [0.2, 0.25) is 5.91 Å². The van der Waals surface area contributed by atoms with E-state index in [-0.39, 0.29) is 11.3 Å². The third-order valence-corrected chi connectivity index (χ3v) is 5.69. The fourth-order valence-corrected chi connectivity index (χ4v) is 4.83. The Balaban J connectivity index is 1.52. The summed E-state index contributed by atoms with van der Waals surface area (Å²) < 4.78 is 0. The van der Waals surface area contributed by atoms with Crippen molar-refractivity contribution in [3.05, 3.63) is 35.4 Å². The second-order valence-corrected chi connectivity index (χ2v) is 7.19. The largest absolute Gasteiger partial charge is 0.336 e. The maximum Gasteiger partial charge on any atom is 0.226 e. The first kappa shape index (κ1) is 12.7. The zero-order valence-electron chi connectivity index (χ0n) is 11.6. The van der Waals surface area contributed by atoms with Crippen LogP contribution in [0.5, 0.6) is 0 Å². The smallest absolute Gasteiger partial charge is 0.226 e. The van der Waals surface area contributed by atoms with Crippen molar-refractivity contribution >= 4 is 17.5 Å². The van der Waals surface area contributed by atoms with E-state index in [1.165, 1.54) is 11.1 Å². The second-order valence-electron chi connectivity index (χ2n) is 6.57. The van der Waals surface area contributed by atoms with Crippen molar-refractivity contribution < 1.29 is 4.79 Å². The topological polar surface area (TPSA) is 20.3 Å². The zero-order chi connectivity index (χ0) is 13.7. The van der Waals surface area contributed by atoms with Crippen LogP contribution in [0.3, 0.4) is 0 Å². The molecule has 0 spiro atoms. The maximum absolute atomic E-state index is 12.9. The Morgan fingerprint density at radius 2 is 1.60 bits per heavy atom. The summed E-state index contributed by atoms with van der Waals surface area (Å²) in [5.74, 6) is 0.555. The molecule has 0 radical (unpaired) electrons. The van der Waals surface area contributed by atoms with Gasteiger partial charge >= 0.3 is 0 Å². The van der Waals surface area contributed by atoms with Gasteiger partial charge < -0.3 is 4.90 Å². The predicted octanol–water partition coefficient (Wildman–Crippen LogP) is 3.16. The minimum Gasteiger partial charge on any atom is -0.336 e. The van der Waals surface area contributed by atoms with Crippen LogP contribution in [0.4, 0.5) is 0 Å². The fourth-order valence-electron chi connectivity index (χ4n) is 4.41. The Morgan fingerprint density at radius 1 is 1.05 bits per heavy atom. The summed E-state index contributed by atoms with van der Waals surface area (Å²) in [4.78, 5) is 15.1. The van der Waals surface area contributed by atoms with Crippen LogP contribution < -0.4 is 0 Å². The van der Waals surface area contributed by atoms with Crippen molar-refractivity contribution in [3.63, 3.8) is 0 Å². The number of benzene rings is 1. The average molecular weight is 290 g/mol. The molecule has 3 heteroatoms. The van der Waals surface area contributed by atoms with Crippen molar-refractivity contribution in [1.82, 2.24) is 4.90 Å². The zero-order valence-corrected chi connectivity index (χ0v) is 12.4. The summed E-state index contributed by atoms with van der Waals surface area (Å²) in [5.41, 5.74) is 2.73. The highest BCUT2D eigenvalue weighted by atomic mass is 35.5. The predicted molar refractivity (Wildman–Crippen MR) is 79.9 cm³/mol. The van der Waals surface area contributed by atoms with E-state index in [0.717, 1.165) is 38.5 Å². The third-order valence-electron chi connectivity index (χ3n) is 5.33. The number of carbonyl (C=O) groups is 1. The lowest BCUT2D eigenvalue weighted by atomic mass is 9.97. The molecule has 2 unspecified atom stereocenters. The minimum atomic E-state index is 0.169. The molecule has 1 aliphatic carbocycles. The van der Waals surface area contributed by atoms with Crippen LogP contribution in [-0.4, -0.2) is 28.3 Å². The van der Waals surface area contributed by atoms with E-state index < -0.39 is 0 Å². The Bertz CT molecular complexity index is 505. The van der Waals surface area contributed by atoms with E-state index in [4.69, 9.17) is 11.6 Å². The lowest BCUT2D eigenvalue weighted by Gasteiger charge is -2.38. The summed E-state index contributed by atoms with van der Waals surface area (Å²) in [7, 11) is 0. The first-order valence-corrected chi connectivity index (χ1v) is 8.19. The standard InChI is InChI=1S/C17H20ClNO/c18-14-9-15-5-6-16(10-14)19(15)17(20)13-7-11-3-1-2-4-12(11)8-13/h1-4,13-16H,5-10H2. The molecule has 1 aromatic carbocycles. The summed E-state index contributed by atoms with van der Waals surface area (Å²) in [6.07, 6.45) is 6.13. The van der Waals surface area contributed by atoms with Crippen LogP contribution in [0.25, 0.3) is 0 Å². The highest BCUT2D eigenvalue weighted by Gasteiger charge is 2.45. The number of rotatable bonds is 1. The molecule has 106 valence electrons. The summed E-state index contributed by atoms with van der Waals surface area (Å²) in [6, 6.07) is 9.31. The number of carbonyl (C=O) groups excluding carboxylic acids is 1. The molecule has 2 heterocycles. The van der Waals surface area contributed by atoms with Gasteiger partial charge in [0.05, 0.1) is 0 Å². The highest BCUT2D eigenvalue weighted by Crippen LogP contribution is 2.40. The molecule has 2 aliphatic heterocycles. The molecule has 1 amide bonds. The monoisotopic (exact) mass is 289 g/mol. The molecule has 3 aliphatic rings. The van der Waals surface area contributed by atoms with E-state index >= 15 is 0 Å². The Kier molecular flexibility index (Phi) is 3.03. The number of halogens is 1. The van der Waals surface area contributed by atoms with Gasteiger partial charge in [0.25, 0.3) is 0 Å². The van der Waals surface area contributed by atoms with Gasteiger partial charge in [-0.25, -0.2) is 0 Å². The molecule has 2 nitrogen and oxygen atoms in total. The minimum absolute atomic E-state index is 0.169. The molecule has 0 N–H and O–H groups in total. The van der Waals surface area contributed by atoms with Crippen LogP contribution in [0.15, 0.2) is 24.3 Å². The van der Waals surface area contributed by atoms with Crippen molar-refractivity contribution in [2.75, 3.05) is 0 Å². The Morgan fingerprint density at radius 3 is 2.15 bits per heavy atom. The summed E-state index contributed by atoms with van der Waals surface area (Å²) in [6.45, 7) is 0. The number of fused-ring (bicyclic) bond motifs is 3. The maximum atomic E-state index is 12.9. The highest BCUT2D eigenvalue weighted by molar-refractivity contribution is 6.20. The number of nitrogens with zero attached hydrogens (tertiary/aromatic N) is 1. The first-order valence-electron chi connectivity index (χ1n) is 7.75. The second kappa shape index (κ2) is 4.77. The van der Waals surface area contributed by atoms with Crippen molar-refractivity contribution in [2.45, 2.75) is 56.0 Å². The number of piperidine rings is 1. The number of hydrogen-bond acceptors (Lipinski definition) is 1. The number of amides is 1. The van der Waals surface area contributed by atoms with E-state index in [1.807, 2.05) is 0 Å². The average Bonchev–Trinajstić information content (AvgIpc) is 2.98. The molecule has 2 atom stereocenters. The van der Waals surface area contributed by atoms with Crippen LogP contribution in [0.1, 0.15) is 36.8 Å². The van der Waals surface area contributed by atoms with Crippen LogP contribution in [-0.2, 0) is 17.6 Å². The Hall–Kier alpha value is -1.02. The molecule has 0 saturated carbocycles. The van der Waals surface area contributed by atoms with Gasteiger partial charge in [0, 0.05) is 23.4 Å². The van der Waals surface area contributed by atoms with Crippen LogP contribution in [0.2, 0.25) is 0 Å².